The normalized spacial score (nSPS) is 24.9. The van der Waals surface area contributed by atoms with Gasteiger partial charge in [0.15, 0.2) is 0 Å². The monoisotopic (exact) mass is 267 g/mol. The van der Waals surface area contributed by atoms with Gasteiger partial charge in [-0.15, -0.1) is 0 Å². The Morgan fingerprint density at radius 2 is 1.53 bits per heavy atom. The van der Waals surface area contributed by atoms with E-state index in [0.717, 1.165) is 6.04 Å². The Bertz CT molecular complexity index is 228. The van der Waals surface area contributed by atoms with Crippen LogP contribution < -0.4 is 0 Å². The summed E-state index contributed by atoms with van der Waals surface area (Å²) in [7, 11) is 2.25. The summed E-state index contributed by atoms with van der Waals surface area (Å²) >= 11 is 0. The van der Waals surface area contributed by atoms with E-state index in [-0.39, 0.29) is 0 Å². The Morgan fingerprint density at radius 3 is 2.16 bits per heavy atom. The summed E-state index contributed by atoms with van der Waals surface area (Å²) in [6, 6.07) is 0.874. The Kier molecular flexibility index (Phi) is 6.62. The van der Waals surface area contributed by atoms with E-state index >= 15 is 0 Å². The maximum atomic E-state index is 2.76. The van der Waals surface area contributed by atoms with Crippen LogP contribution >= 0.6 is 0 Å². The van der Waals surface area contributed by atoms with Crippen molar-refractivity contribution < 1.29 is 0 Å². The van der Waals surface area contributed by atoms with Crippen molar-refractivity contribution in [2.75, 3.05) is 52.9 Å². The van der Waals surface area contributed by atoms with Crippen molar-refractivity contribution >= 4 is 0 Å². The first-order chi connectivity index (χ1) is 9.29. The Labute approximate surface area is 119 Å². The molecule has 19 heavy (non-hydrogen) atoms. The number of nitrogens with zero attached hydrogens (tertiary/aromatic N) is 3. The number of rotatable bonds is 6. The predicted octanol–water partition coefficient (Wildman–Crippen LogP) is 2.28. The van der Waals surface area contributed by atoms with Gasteiger partial charge in [-0.1, -0.05) is 26.2 Å². The summed E-state index contributed by atoms with van der Waals surface area (Å²) < 4.78 is 0. The fourth-order valence-corrected chi connectivity index (χ4v) is 3.47. The third-order valence-electron chi connectivity index (χ3n) is 4.94. The summed E-state index contributed by atoms with van der Waals surface area (Å²) in [6.07, 6.45) is 8.35. The minimum atomic E-state index is 0.874. The van der Waals surface area contributed by atoms with Crippen LogP contribution in [0.1, 0.15) is 45.4 Å². The van der Waals surface area contributed by atoms with Gasteiger partial charge in [0.2, 0.25) is 0 Å². The van der Waals surface area contributed by atoms with Gasteiger partial charge in [-0.3, -0.25) is 4.90 Å². The summed E-state index contributed by atoms with van der Waals surface area (Å²) in [5, 5.41) is 0. The van der Waals surface area contributed by atoms with Crippen LogP contribution in [-0.4, -0.2) is 73.6 Å². The zero-order valence-electron chi connectivity index (χ0n) is 13.1. The molecule has 0 saturated carbocycles. The first kappa shape index (κ1) is 15.3. The second kappa shape index (κ2) is 8.23. The van der Waals surface area contributed by atoms with Crippen molar-refractivity contribution in [1.29, 1.82) is 0 Å². The van der Waals surface area contributed by atoms with E-state index in [1.165, 1.54) is 84.3 Å². The lowest BCUT2D eigenvalue weighted by Crippen LogP contribution is -2.52. The number of unbranched alkanes of at least 4 members (excludes halogenated alkanes) is 3. The molecule has 112 valence electrons. The van der Waals surface area contributed by atoms with E-state index < -0.39 is 0 Å². The highest BCUT2D eigenvalue weighted by Gasteiger charge is 2.25. The quantitative estimate of drug-likeness (QED) is 0.684. The van der Waals surface area contributed by atoms with E-state index in [1.54, 1.807) is 0 Å². The van der Waals surface area contributed by atoms with Crippen molar-refractivity contribution in [3.8, 4) is 0 Å². The van der Waals surface area contributed by atoms with Crippen LogP contribution in [0.15, 0.2) is 0 Å². The summed E-state index contributed by atoms with van der Waals surface area (Å²) in [5.41, 5.74) is 0. The molecule has 0 aromatic carbocycles. The van der Waals surface area contributed by atoms with Gasteiger partial charge in [-0.2, -0.15) is 0 Å². The average molecular weight is 267 g/mol. The Hall–Kier alpha value is -0.120. The van der Waals surface area contributed by atoms with E-state index in [0.29, 0.717) is 0 Å². The van der Waals surface area contributed by atoms with Gasteiger partial charge in [0, 0.05) is 32.2 Å². The zero-order chi connectivity index (χ0) is 13.5. The van der Waals surface area contributed by atoms with Gasteiger partial charge in [0.1, 0.15) is 0 Å². The maximum absolute atomic E-state index is 2.76. The molecule has 2 aliphatic rings. The molecule has 0 aliphatic carbocycles. The lowest BCUT2D eigenvalue weighted by atomic mass is 10.0. The molecule has 2 saturated heterocycles. The Balaban J connectivity index is 1.59. The molecule has 3 nitrogen and oxygen atoms in total. The topological polar surface area (TPSA) is 9.72 Å². The number of likely N-dealkylation sites (tertiary alicyclic amines) is 1. The van der Waals surface area contributed by atoms with E-state index in [1.807, 2.05) is 0 Å². The molecule has 0 bridgehead atoms. The van der Waals surface area contributed by atoms with Crippen molar-refractivity contribution in [3.05, 3.63) is 0 Å². The second-order valence-corrected chi connectivity index (χ2v) is 6.47. The molecule has 2 aliphatic heterocycles. The molecule has 0 N–H and O–H groups in total. The van der Waals surface area contributed by atoms with E-state index in [4.69, 9.17) is 0 Å². The molecule has 0 radical (unpaired) electrons. The molecule has 0 aromatic rings. The second-order valence-electron chi connectivity index (χ2n) is 6.47. The van der Waals surface area contributed by atoms with Crippen LogP contribution in [0.25, 0.3) is 0 Å². The minimum absolute atomic E-state index is 0.874. The van der Waals surface area contributed by atoms with Crippen molar-refractivity contribution in [1.82, 2.24) is 14.7 Å². The third kappa shape index (κ3) is 5.05. The smallest absolute Gasteiger partial charge is 0.0121 e. The molecule has 2 rings (SSSR count). The van der Waals surface area contributed by atoms with Crippen molar-refractivity contribution in [2.45, 2.75) is 51.5 Å². The van der Waals surface area contributed by atoms with Gasteiger partial charge in [-0.05, 0) is 45.9 Å². The van der Waals surface area contributed by atoms with Crippen LogP contribution in [0.2, 0.25) is 0 Å². The van der Waals surface area contributed by atoms with Crippen molar-refractivity contribution in [2.24, 2.45) is 0 Å². The molecule has 2 heterocycles. The lowest BCUT2D eigenvalue weighted by Gasteiger charge is -2.42. The van der Waals surface area contributed by atoms with Gasteiger partial charge >= 0.3 is 0 Å². The highest BCUT2D eigenvalue weighted by molar-refractivity contribution is 4.82. The summed E-state index contributed by atoms with van der Waals surface area (Å²) in [6.45, 7) is 11.4. The fraction of sp³-hybridized carbons (Fsp3) is 1.00. The predicted molar refractivity (Wildman–Crippen MR) is 82.7 cm³/mol. The molecule has 0 spiro atoms. The molecular formula is C16H33N3. The molecule has 2 fully saturated rings. The molecule has 0 atom stereocenters. The van der Waals surface area contributed by atoms with Crippen molar-refractivity contribution in [3.63, 3.8) is 0 Å². The Morgan fingerprint density at radius 1 is 0.842 bits per heavy atom. The highest BCUT2D eigenvalue weighted by Crippen LogP contribution is 2.17. The standard InChI is InChI=1S/C16H33N3/c1-3-4-5-6-9-18-12-14-19(15-13-18)16-7-10-17(2)11-8-16/h16H,3-15H2,1-2H3. The van der Waals surface area contributed by atoms with Crippen LogP contribution in [0.4, 0.5) is 0 Å². The van der Waals surface area contributed by atoms with Gasteiger partial charge in [-0.25, -0.2) is 0 Å². The summed E-state index contributed by atoms with van der Waals surface area (Å²) in [5.74, 6) is 0. The molecule has 0 unspecified atom stereocenters. The number of piperidine rings is 1. The third-order valence-corrected chi connectivity index (χ3v) is 4.94. The first-order valence-electron chi connectivity index (χ1n) is 8.44. The van der Waals surface area contributed by atoms with Crippen LogP contribution in [0.3, 0.4) is 0 Å². The number of hydrogen-bond donors (Lipinski definition) is 0. The zero-order valence-corrected chi connectivity index (χ0v) is 13.1. The molecular weight excluding hydrogens is 234 g/mol. The minimum Gasteiger partial charge on any atom is -0.306 e. The van der Waals surface area contributed by atoms with E-state index in [2.05, 4.69) is 28.7 Å². The van der Waals surface area contributed by atoms with Gasteiger partial charge in [0.25, 0.3) is 0 Å². The largest absolute Gasteiger partial charge is 0.306 e. The van der Waals surface area contributed by atoms with Gasteiger partial charge < -0.3 is 9.80 Å². The first-order valence-corrected chi connectivity index (χ1v) is 8.44. The van der Waals surface area contributed by atoms with Gasteiger partial charge in [0.05, 0.1) is 0 Å². The maximum Gasteiger partial charge on any atom is 0.0121 e. The highest BCUT2D eigenvalue weighted by atomic mass is 15.3. The number of piperazine rings is 1. The van der Waals surface area contributed by atoms with Crippen LogP contribution in [-0.2, 0) is 0 Å². The number of hydrogen-bond acceptors (Lipinski definition) is 3. The molecule has 0 aromatic heterocycles. The lowest BCUT2D eigenvalue weighted by molar-refractivity contribution is 0.0640. The average Bonchev–Trinajstić information content (AvgIpc) is 2.45. The molecule has 3 heteroatoms. The van der Waals surface area contributed by atoms with E-state index in [9.17, 15) is 0 Å². The summed E-state index contributed by atoms with van der Waals surface area (Å²) in [4.78, 5) is 7.91. The van der Waals surface area contributed by atoms with Crippen LogP contribution in [0.5, 0.6) is 0 Å². The fourth-order valence-electron chi connectivity index (χ4n) is 3.47. The SMILES string of the molecule is CCCCCCN1CCN(C2CCN(C)CC2)CC1. The van der Waals surface area contributed by atoms with Crippen LogP contribution in [0, 0.1) is 0 Å². The molecule has 0 amide bonds.